The van der Waals surface area contributed by atoms with Crippen LogP contribution in [0.4, 0.5) is 10.5 Å². The number of anilines is 1. The van der Waals surface area contributed by atoms with Gasteiger partial charge in [0, 0.05) is 6.54 Å². The van der Waals surface area contributed by atoms with Gasteiger partial charge in [-0.15, -0.1) is 0 Å². The zero-order valence-corrected chi connectivity index (χ0v) is 12.2. The van der Waals surface area contributed by atoms with Gasteiger partial charge in [-0.05, 0) is 24.1 Å². The van der Waals surface area contributed by atoms with E-state index in [0.29, 0.717) is 22.3 Å². The lowest BCUT2D eigenvalue weighted by molar-refractivity contribution is 0.252. The lowest BCUT2D eigenvalue weighted by Gasteiger charge is -2.10. The molecule has 2 aromatic rings. The van der Waals surface area contributed by atoms with E-state index in [0.717, 1.165) is 6.42 Å². The Hall–Kier alpha value is -1.71. The third kappa shape index (κ3) is 4.15. The van der Waals surface area contributed by atoms with Crippen LogP contribution in [-0.2, 0) is 6.42 Å². The number of urea groups is 1. The Morgan fingerprint density at radius 2 is 1.60 bits per heavy atom. The van der Waals surface area contributed by atoms with Crippen molar-refractivity contribution in [2.75, 3.05) is 11.9 Å². The largest absolute Gasteiger partial charge is 0.338 e. The second kappa shape index (κ2) is 7.17. The topological polar surface area (TPSA) is 41.1 Å². The van der Waals surface area contributed by atoms with Crippen molar-refractivity contribution in [2.45, 2.75) is 6.42 Å². The highest BCUT2D eigenvalue weighted by molar-refractivity contribution is 6.39. The van der Waals surface area contributed by atoms with E-state index in [1.165, 1.54) is 5.56 Å². The van der Waals surface area contributed by atoms with E-state index < -0.39 is 0 Å². The molecule has 0 fully saturated rings. The first kappa shape index (κ1) is 14.7. The minimum absolute atomic E-state index is 0.323. The Balaban J connectivity index is 1.84. The van der Waals surface area contributed by atoms with Gasteiger partial charge in [-0.25, -0.2) is 4.79 Å². The molecular weight excluding hydrogens is 295 g/mol. The monoisotopic (exact) mass is 308 g/mol. The van der Waals surface area contributed by atoms with Gasteiger partial charge in [0.2, 0.25) is 0 Å². The van der Waals surface area contributed by atoms with E-state index in [9.17, 15) is 4.79 Å². The minimum Gasteiger partial charge on any atom is -0.338 e. The molecule has 0 bridgehead atoms. The predicted molar refractivity (Wildman–Crippen MR) is 83.6 cm³/mol. The second-order valence-electron chi connectivity index (χ2n) is 4.21. The maximum atomic E-state index is 11.8. The van der Waals surface area contributed by atoms with Gasteiger partial charge < -0.3 is 10.6 Å². The molecule has 0 spiro atoms. The van der Waals surface area contributed by atoms with E-state index in [1.807, 2.05) is 30.3 Å². The summed E-state index contributed by atoms with van der Waals surface area (Å²) in [6, 6.07) is 14.7. The Kier molecular flexibility index (Phi) is 5.27. The first-order valence-corrected chi connectivity index (χ1v) is 6.95. The molecule has 104 valence electrons. The molecule has 2 aromatic carbocycles. The number of hydrogen-bond donors (Lipinski definition) is 2. The predicted octanol–water partition coefficient (Wildman–Crippen LogP) is 4.36. The number of benzene rings is 2. The first-order valence-electron chi connectivity index (χ1n) is 6.19. The summed E-state index contributed by atoms with van der Waals surface area (Å²) in [6.45, 7) is 0.540. The smallest absolute Gasteiger partial charge is 0.319 e. The zero-order chi connectivity index (χ0) is 14.4. The molecule has 0 aliphatic carbocycles. The SMILES string of the molecule is O=C(NCCc1ccccc1)Nc1c(Cl)cccc1Cl. The summed E-state index contributed by atoms with van der Waals surface area (Å²) in [6.07, 6.45) is 0.768. The molecule has 0 aliphatic heterocycles. The molecule has 0 radical (unpaired) electrons. The quantitative estimate of drug-likeness (QED) is 0.866. The Morgan fingerprint density at radius 3 is 2.25 bits per heavy atom. The standard InChI is InChI=1S/C15H14Cl2N2O/c16-12-7-4-8-13(17)14(12)19-15(20)18-10-9-11-5-2-1-3-6-11/h1-8H,9-10H2,(H2,18,19,20). The molecule has 5 heteroatoms. The lowest BCUT2D eigenvalue weighted by atomic mass is 10.1. The first-order chi connectivity index (χ1) is 9.66. The molecule has 0 unspecified atom stereocenters. The Morgan fingerprint density at radius 1 is 0.950 bits per heavy atom. The fraction of sp³-hybridized carbons (Fsp3) is 0.133. The fourth-order valence-electron chi connectivity index (χ4n) is 1.74. The van der Waals surface area contributed by atoms with Crippen molar-refractivity contribution in [3.8, 4) is 0 Å². The van der Waals surface area contributed by atoms with E-state index in [-0.39, 0.29) is 6.03 Å². The number of carbonyl (C=O) groups is 1. The van der Waals surface area contributed by atoms with Crippen LogP contribution < -0.4 is 10.6 Å². The van der Waals surface area contributed by atoms with Crippen molar-refractivity contribution in [1.82, 2.24) is 5.32 Å². The molecule has 0 atom stereocenters. The molecule has 0 saturated carbocycles. The van der Waals surface area contributed by atoms with Gasteiger partial charge >= 0.3 is 6.03 Å². The van der Waals surface area contributed by atoms with Crippen molar-refractivity contribution >= 4 is 34.9 Å². The van der Waals surface area contributed by atoms with Gasteiger partial charge in [0.15, 0.2) is 0 Å². The summed E-state index contributed by atoms with van der Waals surface area (Å²) in [5.74, 6) is 0. The van der Waals surface area contributed by atoms with Crippen LogP contribution in [0.25, 0.3) is 0 Å². The maximum Gasteiger partial charge on any atom is 0.319 e. The number of carbonyl (C=O) groups excluding carboxylic acids is 1. The third-order valence-corrected chi connectivity index (χ3v) is 3.37. The summed E-state index contributed by atoms with van der Waals surface area (Å²) in [5, 5.41) is 6.24. The van der Waals surface area contributed by atoms with Crippen LogP contribution in [0.5, 0.6) is 0 Å². The molecule has 20 heavy (non-hydrogen) atoms. The zero-order valence-electron chi connectivity index (χ0n) is 10.7. The molecule has 2 rings (SSSR count). The van der Waals surface area contributed by atoms with Gasteiger partial charge in [0.05, 0.1) is 15.7 Å². The van der Waals surface area contributed by atoms with Gasteiger partial charge in [-0.3, -0.25) is 0 Å². The summed E-state index contributed by atoms with van der Waals surface area (Å²) < 4.78 is 0. The molecule has 0 aliphatic rings. The second-order valence-corrected chi connectivity index (χ2v) is 5.03. The Bertz CT molecular complexity index is 567. The molecular formula is C15H14Cl2N2O. The summed E-state index contributed by atoms with van der Waals surface area (Å²) in [4.78, 5) is 11.8. The van der Waals surface area contributed by atoms with Gasteiger partial charge in [-0.1, -0.05) is 59.6 Å². The van der Waals surface area contributed by atoms with Crippen molar-refractivity contribution in [3.63, 3.8) is 0 Å². The highest BCUT2D eigenvalue weighted by Gasteiger charge is 2.08. The number of nitrogens with one attached hydrogen (secondary N) is 2. The third-order valence-electron chi connectivity index (χ3n) is 2.74. The van der Waals surface area contributed by atoms with Crippen molar-refractivity contribution < 1.29 is 4.79 Å². The summed E-state index contributed by atoms with van der Waals surface area (Å²) >= 11 is 12.0. The molecule has 3 nitrogen and oxygen atoms in total. The van der Waals surface area contributed by atoms with Gasteiger partial charge in [-0.2, -0.15) is 0 Å². The average Bonchev–Trinajstić information content (AvgIpc) is 2.44. The van der Waals surface area contributed by atoms with Crippen LogP contribution in [0.15, 0.2) is 48.5 Å². The number of para-hydroxylation sites is 1. The molecule has 2 amide bonds. The van der Waals surface area contributed by atoms with E-state index in [1.54, 1.807) is 18.2 Å². The van der Waals surface area contributed by atoms with E-state index in [4.69, 9.17) is 23.2 Å². The van der Waals surface area contributed by atoms with Crippen molar-refractivity contribution in [3.05, 3.63) is 64.1 Å². The van der Waals surface area contributed by atoms with Crippen LogP contribution in [0, 0.1) is 0 Å². The lowest BCUT2D eigenvalue weighted by Crippen LogP contribution is -2.30. The van der Waals surface area contributed by atoms with E-state index >= 15 is 0 Å². The van der Waals surface area contributed by atoms with Crippen LogP contribution in [0.2, 0.25) is 10.0 Å². The highest BCUT2D eigenvalue weighted by Crippen LogP contribution is 2.29. The van der Waals surface area contributed by atoms with Crippen LogP contribution >= 0.6 is 23.2 Å². The number of hydrogen-bond acceptors (Lipinski definition) is 1. The number of amides is 2. The van der Waals surface area contributed by atoms with Crippen molar-refractivity contribution in [2.24, 2.45) is 0 Å². The molecule has 0 aromatic heterocycles. The normalized spacial score (nSPS) is 10.1. The van der Waals surface area contributed by atoms with Crippen molar-refractivity contribution in [1.29, 1.82) is 0 Å². The summed E-state index contributed by atoms with van der Waals surface area (Å²) in [5.41, 5.74) is 1.59. The van der Waals surface area contributed by atoms with Crippen LogP contribution in [-0.4, -0.2) is 12.6 Å². The van der Waals surface area contributed by atoms with Gasteiger partial charge in [0.25, 0.3) is 0 Å². The maximum absolute atomic E-state index is 11.8. The van der Waals surface area contributed by atoms with E-state index in [2.05, 4.69) is 10.6 Å². The molecule has 0 heterocycles. The highest BCUT2D eigenvalue weighted by atomic mass is 35.5. The Labute approximate surface area is 127 Å². The minimum atomic E-state index is -0.323. The van der Waals surface area contributed by atoms with Crippen LogP contribution in [0.1, 0.15) is 5.56 Å². The van der Waals surface area contributed by atoms with Crippen LogP contribution in [0.3, 0.4) is 0 Å². The number of halogens is 2. The summed E-state index contributed by atoms with van der Waals surface area (Å²) in [7, 11) is 0. The molecule has 2 N–H and O–H groups in total. The average molecular weight is 309 g/mol. The number of rotatable bonds is 4. The molecule has 0 saturated heterocycles. The van der Waals surface area contributed by atoms with Gasteiger partial charge in [0.1, 0.15) is 0 Å². The fourth-order valence-corrected chi connectivity index (χ4v) is 2.23.